The summed E-state index contributed by atoms with van der Waals surface area (Å²) in [7, 11) is -3.26. The van der Waals surface area contributed by atoms with Crippen molar-refractivity contribution in [1.29, 1.82) is 0 Å². The fraction of sp³-hybridized carbons (Fsp3) is 0.600. The van der Waals surface area contributed by atoms with E-state index in [0.717, 1.165) is 37.2 Å². The van der Waals surface area contributed by atoms with Gasteiger partial charge in [0, 0.05) is 55.3 Å². The normalized spacial score (nSPS) is 21.3. The van der Waals surface area contributed by atoms with E-state index in [0.29, 0.717) is 31.0 Å². The molecule has 31 heavy (non-hydrogen) atoms. The van der Waals surface area contributed by atoms with Crippen LogP contribution in [0.2, 0.25) is 0 Å². The van der Waals surface area contributed by atoms with E-state index in [2.05, 4.69) is 14.3 Å². The Bertz CT molecular complexity index is 1040. The molecule has 1 atom stereocenters. The molecule has 168 valence electrons. The summed E-state index contributed by atoms with van der Waals surface area (Å²) in [6.45, 7) is 3.46. The third-order valence-electron chi connectivity index (χ3n) is 6.16. The van der Waals surface area contributed by atoms with Gasteiger partial charge in [0.1, 0.15) is 5.82 Å². The second-order valence-electron chi connectivity index (χ2n) is 8.26. The molecule has 1 saturated heterocycles. The SMILES string of the molecule is CC1CN(S(=O)(=O)C2CCCCC2)CCN1c1nc(Cc2ccccc2[N+](=O)[O-])ns1. The quantitative estimate of drug-likeness (QED) is 0.476. The number of hydrogen-bond acceptors (Lipinski definition) is 8. The van der Waals surface area contributed by atoms with E-state index < -0.39 is 14.9 Å². The minimum atomic E-state index is -3.26. The minimum Gasteiger partial charge on any atom is -0.342 e. The van der Waals surface area contributed by atoms with E-state index in [1.165, 1.54) is 17.6 Å². The predicted octanol–water partition coefficient (Wildman–Crippen LogP) is 3.21. The first-order valence-corrected chi connectivity index (χ1v) is 12.9. The fourth-order valence-electron chi connectivity index (χ4n) is 4.46. The molecule has 1 saturated carbocycles. The molecule has 2 aliphatic rings. The van der Waals surface area contributed by atoms with Gasteiger partial charge in [0.15, 0.2) is 0 Å². The van der Waals surface area contributed by atoms with Crippen LogP contribution in [0.4, 0.5) is 10.8 Å². The monoisotopic (exact) mass is 465 g/mol. The van der Waals surface area contributed by atoms with Gasteiger partial charge in [0.2, 0.25) is 15.2 Å². The van der Waals surface area contributed by atoms with E-state index in [-0.39, 0.29) is 23.4 Å². The van der Waals surface area contributed by atoms with Crippen LogP contribution in [0.15, 0.2) is 24.3 Å². The molecule has 0 radical (unpaired) electrons. The number of hydrogen-bond donors (Lipinski definition) is 0. The highest BCUT2D eigenvalue weighted by Crippen LogP contribution is 2.30. The van der Waals surface area contributed by atoms with Gasteiger partial charge in [-0.25, -0.2) is 13.4 Å². The molecule has 0 spiro atoms. The van der Waals surface area contributed by atoms with Gasteiger partial charge in [0.05, 0.1) is 10.2 Å². The fourth-order valence-corrected chi connectivity index (χ4v) is 7.38. The lowest BCUT2D eigenvalue weighted by Crippen LogP contribution is -2.55. The summed E-state index contributed by atoms with van der Waals surface area (Å²) in [6.07, 6.45) is 4.93. The number of nitro groups is 1. The average molecular weight is 466 g/mol. The van der Waals surface area contributed by atoms with Crippen molar-refractivity contribution in [1.82, 2.24) is 13.7 Å². The molecule has 0 N–H and O–H groups in total. The van der Waals surface area contributed by atoms with Gasteiger partial charge in [0.25, 0.3) is 5.69 Å². The highest BCUT2D eigenvalue weighted by Gasteiger charge is 2.37. The van der Waals surface area contributed by atoms with E-state index in [4.69, 9.17) is 0 Å². The Morgan fingerprint density at radius 3 is 2.65 bits per heavy atom. The van der Waals surface area contributed by atoms with Crippen LogP contribution in [0.1, 0.15) is 50.4 Å². The van der Waals surface area contributed by atoms with Crippen LogP contribution in [0.5, 0.6) is 0 Å². The summed E-state index contributed by atoms with van der Waals surface area (Å²) >= 11 is 1.26. The largest absolute Gasteiger partial charge is 0.342 e. The van der Waals surface area contributed by atoms with Crippen LogP contribution in [-0.4, -0.2) is 57.9 Å². The summed E-state index contributed by atoms with van der Waals surface area (Å²) in [5.41, 5.74) is 0.641. The molecule has 0 amide bonds. The Morgan fingerprint density at radius 2 is 1.94 bits per heavy atom. The van der Waals surface area contributed by atoms with Crippen LogP contribution in [0.25, 0.3) is 0 Å². The first kappa shape index (κ1) is 22.1. The first-order chi connectivity index (χ1) is 14.9. The van der Waals surface area contributed by atoms with Gasteiger partial charge >= 0.3 is 0 Å². The highest BCUT2D eigenvalue weighted by atomic mass is 32.2. The smallest absolute Gasteiger partial charge is 0.273 e. The topological polar surface area (TPSA) is 110 Å². The Hall–Kier alpha value is -2.11. The molecule has 4 rings (SSSR count). The van der Waals surface area contributed by atoms with Crippen LogP contribution in [-0.2, 0) is 16.4 Å². The zero-order valence-electron chi connectivity index (χ0n) is 17.5. The zero-order valence-corrected chi connectivity index (χ0v) is 19.1. The maximum absolute atomic E-state index is 13.1. The van der Waals surface area contributed by atoms with Crippen molar-refractivity contribution in [2.45, 2.75) is 56.7 Å². The summed E-state index contributed by atoms with van der Waals surface area (Å²) in [4.78, 5) is 17.5. The Kier molecular flexibility index (Phi) is 6.54. The standard InChI is InChI=1S/C20H27N5O4S2/c1-15-14-23(31(28,29)17-8-3-2-4-9-17)11-12-24(15)20-21-19(22-30-20)13-16-7-5-6-10-18(16)25(26)27/h5-7,10,15,17H,2-4,8-9,11-14H2,1H3. The molecule has 2 aromatic rings. The molecule has 1 aromatic carbocycles. The van der Waals surface area contributed by atoms with Crippen molar-refractivity contribution in [3.63, 3.8) is 0 Å². The van der Waals surface area contributed by atoms with Crippen LogP contribution < -0.4 is 4.90 Å². The molecule has 1 unspecified atom stereocenters. The van der Waals surface area contributed by atoms with Gasteiger partial charge in [-0.05, 0) is 19.8 Å². The lowest BCUT2D eigenvalue weighted by Gasteiger charge is -2.40. The third-order valence-corrected chi connectivity index (χ3v) is 9.32. The molecule has 1 aliphatic heterocycles. The van der Waals surface area contributed by atoms with Gasteiger partial charge in [-0.3, -0.25) is 10.1 Å². The Labute approximate surface area is 186 Å². The van der Waals surface area contributed by atoms with Crippen LogP contribution in [0.3, 0.4) is 0 Å². The number of nitrogens with zero attached hydrogens (tertiary/aromatic N) is 5. The maximum Gasteiger partial charge on any atom is 0.273 e. The van der Waals surface area contributed by atoms with Gasteiger partial charge in [-0.1, -0.05) is 37.5 Å². The molecule has 2 fully saturated rings. The Balaban J connectivity index is 1.43. The molecule has 1 aromatic heterocycles. The lowest BCUT2D eigenvalue weighted by atomic mass is 10.0. The van der Waals surface area contributed by atoms with Crippen LogP contribution in [0, 0.1) is 10.1 Å². The highest BCUT2D eigenvalue weighted by molar-refractivity contribution is 7.89. The number of sulfonamides is 1. The number of nitro benzene ring substituents is 1. The molecule has 2 heterocycles. The molecular weight excluding hydrogens is 438 g/mol. The van der Waals surface area contributed by atoms with Crippen molar-refractivity contribution in [2.24, 2.45) is 0 Å². The molecule has 1 aliphatic carbocycles. The van der Waals surface area contributed by atoms with Crippen LogP contribution >= 0.6 is 11.5 Å². The van der Waals surface area contributed by atoms with E-state index in [1.807, 2.05) is 6.92 Å². The van der Waals surface area contributed by atoms with Gasteiger partial charge < -0.3 is 4.90 Å². The van der Waals surface area contributed by atoms with E-state index >= 15 is 0 Å². The number of piperazine rings is 1. The lowest BCUT2D eigenvalue weighted by molar-refractivity contribution is -0.385. The van der Waals surface area contributed by atoms with Gasteiger partial charge in [-0.2, -0.15) is 8.68 Å². The number of benzene rings is 1. The number of anilines is 1. The second kappa shape index (κ2) is 9.17. The Morgan fingerprint density at radius 1 is 1.19 bits per heavy atom. The summed E-state index contributed by atoms with van der Waals surface area (Å²) in [6, 6.07) is 6.60. The predicted molar refractivity (Wildman–Crippen MR) is 120 cm³/mol. The summed E-state index contributed by atoms with van der Waals surface area (Å²) in [5, 5.41) is 11.7. The first-order valence-electron chi connectivity index (χ1n) is 10.7. The van der Waals surface area contributed by atoms with Crippen molar-refractivity contribution in [2.75, 3.05) is 24.5 Å². The molecule has 9 nitrogen and oxygen atoms in total. The van der Waals surface area contributed by atoms with Crippen molar-refractivity contribution >= 4 is 32.4 Å². The third kappa shape index (κ3) is 4.73. The van der Waals surface area contributed by atoms with Crippen molar-refractivity contribution < 1.29 is 13.3 Å². The van der Waals surface area contributed by atoms with E-state index in [1.54, 1.807) is 22.5 Å². The number of para-hydroxylation sites is 1. The molecule has 11 heteroatoms. The van der Waals surface area contributed by atoms with Crippen molar-refractivity contribution in [3.8, 4) is 0 Å². The summed E-state index contributed by atoms with van der Waals surface area (Å²) in [5.74, 6) is 0.541. The van der Waals surface area contributed by atoms with Gasteiger partial charge in [-0.15, -0.1) is 0 Å². The minimum absolute atomic E-state index is 0.0148. The summed E-state index contributed by atoms with van der Waals surface area (Å²) < 4.78 is 32.2. The average Bonchev–Trinajstić information content (AvgIpc) is 3.22. The number of aromatic nitrogens is 2. The second-order valence-corrected chi connectivity index (χ2v) is 11.2. The number of rotatable bonds is 6. The molecule has 0 bridgehead atoms. The zero-order chi connectivity index (χ0) is 22.0. The van der Waals surface area contributed by atoms with Crippen molar-refractivity contribution in [3.05, 3.63) is 45.8 Å². The molecular formula is C20H27N5O4S2. The maximum atomic E-state index is 13.1. The van der Waals surface area contributed by atoms with E-state index in [9.17, 15) is 18.5 Å².